The smallest absolute Gasteiger partial charge is 0.303 e. The van der Waals surface area contributed by atoms with Gasteiger partial charge in [-0.2, -0.15) is 0 Å². The molecule has 0 heterocycles. The number of benzene rings is 1. The zero-order valence-electron chi connectivity index (χ0n) is 7.43. The van der Waals surface area contributed by atoms with Gasteiger partial charge in [-0.05, 0) is 28.4 Å². The molecule has 0 bridgehead atoms. The molecule has 0 spiro atoms. The molecular weight excluding hydrogens is 274 g/mol. The number of rotatable bonds is 3. The third kappa shape index (κ3) is 2.65. The number of carboxylic acids is 1. The molecule has 0 aliphatic carbocycles. The molecule has 6 heteroatoms. The molecule has 0 amide bonds. The summed E-state index contributed by atoms with van der Waals surface area (Å²) in [4.78, 5) is 10.3. The van der Waals surface area contributed by atoms with E-state index in [1.807, 2.05) is 0 Å². The Morgan fingerprint density at radius 3 is 2.60 bits per heavy atom. The molecule has 1 aromatic carbocycles. The van der Waals surface area contributed by atoms with Crippen LogP contribution in [0.4, 0.5) is 8.78 Å². The van der Waals surface area contributed by atoms with Crippen molar-refractivity contribution in [1.82, 2.24) is 0 Å². The summed E-state index contributed by atoms with van der Waals surface area (Å²) in [5.41, 5.74) is -0.329. The first-order chi connectivity index (χ1) is 6.93. The maximum Gasteiger partial charge on any atom is 0.303 e. The van der Waals surface area contributed by atoms with E-state index in [0.717, 1.165) is 6.07 Å². The van der Waals surface area contributed by atoms with Gasteiger partial charge in [0.25, 0.3) is 0 Å². The van der Waals surface area contributed by atoms with Gasteiger partial charge in [0.05, 0.1) is 4.47 Å². The first-order valence-corrected chi connectivity index (χ1v) is 4.80. The maximum absolute atomic E-state index is 13.3. The van der Waals surface area contributed by atoms with E-state index < -0.39 is 23.4 Å². The molecule has 3 nitrogen and oxygen atoms in total. The van der Waals surface area contributed by atoms with Crippen molar-refractivity contribution in [3.8, 4) is 5.75 Å². The molecular formula is C9H7BrF2O3. The van der Waals surface area contributed by atoms with Gasteiger partial charge >= 0.3 is 5.97 Å². The summed E-state index contributed by atoms with van der Waals surface area (Å²) in [6.07, 6.45) is -0.635. The lowest BCUT2D eigenvalue weighted by Gasteiger charge is -2.07. The van der Waals surface area contributed by atoms with E-state index in [4.69, 9.17) is 5.11 Å². The summed E-state index contributed by atoms with van der Waals surface area (Å²) in [5, 5.41) is 17.6. The number of phenols is 1. The number of phenolic OH excluding ortho intramolecular Hbond substituents is 1. The monoisotopic (exact) mass is 280 g/mol. The second kappa shape index (κ2) is 4.57. The largest absolute Gasteiger partial charge is 0.505 e. The molecule has 2 N–H and O–H groups in total. The molecule has 0 saturated carbocycles. The predicted molar refractivity (Wildman–Crippen MR) is 51.7 cm³/mol. The van der Waals surface area contributed by atoms with E-state index in [-0.39, 0.29) is 22.9 Å². The highest BCUT2D eigenvalue weighted by Crippen LogP contribution is 2.30. The van der Waals surface area contributed by atoms with Crippen molar-refractivity contribution in [3.63, 3.8) is 0 Å². The van der Waals surface area contributed by atoms with Gasteiger partial charge in [-0.3, -0.25) is 4.79 Å². The Balaban J connectivity index is 3.09. The number of carboxylic acid groups (broad SMARTS) is 1. The Kier molecular flexibility index (Phi) is 3.62. The molecule has 0 unspecified atom stereocenters. The van der Waals surface area contributed by atoms with Crippen molar-refractivity contribution >= 4 is 21.9 Å². The summed E-state index contributed by atoms with van der Waals surface area (Å²) in [7, 11) is 0. The topological polar surface area (TPSA) is 57.5 Å². The highest BCUT2D eigenvalue weighted by Gasteiger charge is 2.17. The number of aliphatic carboxylic acids is 1. The second-order valence-corrected chi connectivity index (χ2v) is 3.73. The van der Waals surface area contributed by atoms with Crippen LogP contribution in [-0.4, -0.2) is 16.2 Å². The normalized spacial score (nSPS) is 10.3. The van der Waals surface area contributed by atoms with Crippen LogP contribution in [0.15, 0.2) is 10.5 Å². The fourth-order valence-electron chi connectivity index (χ4n) is 1.10. The fourth-order valence-corrected chi connectivity index (χ4v) is 1.54. The molecule has 0 radical (unpaired) electrons. The van der Waals surface area contributed by atoms with Gasteiger partial charge < -0.3 is 10.2 Å². The number of halogens is 3. The molecule has 0 aliphatic heterocycles. The van der Waals surface area contributed by atoms with Gasteiger partial charge in [-0.25, -0.2) is 8.78 Å². The van der Waals surface area contributed by atoms with Gasteiger partial charge in [-0.15, -0.1) is 0 Å². The number of hydrogen-bond donors (Lipinski definition) is 2. The molecule has 1 aromatic rings. The predicted octanol–water partition coefficient (Wildman–Crippen LogP) is 2.45. The van der Waals surface area contributed by atoms with Crippen LogP contribution in [-0.2, 0) is 11.2 Å². The average molecular weight is 281 g/mol. The van der Waals surface area contributed by atoms with Crippen molar-refractivity contribution in [1.29, 1.82) is 0 Å². The van der Waals surface area contributed by atoms with Gasteiger partial charge in [0.2, 0.25) is 0 Å². The number of carbonyl (C=O) groups is 1. The lowest BCUT2D eigenvalue weighted by atomic mass is 10.1. The molecule has 82 valence electrons. The molecule has 15 heavy (non-hydrogen) atoms. The molecule has 0 aliphatic rings. The average Bonchev–Trinajstić information content (AvgIpc) is 2.14. The number of hydrogen-bond acceptors (Lipinski definition) is 2. The maximum atomic E-state index is 13.3. The fraction of sp³-hybridized carbons (Fsp3) is 0.222. The van der Waals surface area contributed by atoms with Crippen LogP contribution in [0.5, 0.6) is 5.75 Å². The van der Waals surface area contributed by atoms with Crippen LogP contribution >= 0.6 is 15.9 Å². The minimum Gasteiger partial charge on any atom is -0.505 e. The summed E-state index contributed by atoms with van der Waals surface area (Å²) in [5.74, 6) is -3.80. The van der Waals surface area contributed by atoms with E-state index in [2.05, 4.69) is 15.9 Å². The quantitative estimate of drug-likeness (QED) is 0.837. The van der Waals surface area contributed by atoms with Crippen LogP contribution in [0.1, 0.15) is 12.0 Å². The molecule has 0 atom stereocenters. The van der Waals surface area contributed by atoms with Crippen LogP contribution in [0.2, 0.25) is 0 Å². The lowest BCUT2D eigenvalue weighted by Crippen LogP contribution is -2.01. The van der Waals surface area contributed by atoms with Crippen molar-refractivity contribution in [2.45, 2.75) is 12.8 Å². The zero-order chi connectivity index (χ0) is 11.6. The van der Waals surface area contributed by atoms with Crippen LogP contribution in [0.25, 0.3) is 0 Å². The first-order valence-electron chi connectivity index (χ1n) is 4.00. The van der Waals surface area contributed by atoms with E-state index in [0.29, 0.717) is 0 Å². The summed E-state index contributed by atoms with van der Waals surface area (Å²) in [6.45, 7) is 0. The van der Waals surface area contributed by atoms with Crippen molar-refractivity contribution in [2.24, 2.45) is 0 Å². The number of aromatic hydroxyl groups is 1. The molecule has 0 fully saturated rings. The summed E-state index contributed by atoms with van der Waals surface area (Å²) in [6, 6.07) is 0.787. The third-order valence-electron chi connectivity index (χ3n) is 1.83. The first kappa shape index (κ1) is 11.9. The summed E-state index contributed by atoms with van der Waals surface area (Å²) >= 11 is 2.76. The second-order valence-electron chi connectivity index (χ2n) is 2.88. The molecule has 1 rings (SSSR count). The molecule has 0 aromatic heterocycles. The van der Waals surface area contributed by atoms with Crippen LogP contribution in [0, 0.1) is 11.6 Å². The Morgan fingerprint density at radius 1 is 1.47 bits per heavy atom. The Morgan fingerprint density at radius 2 is 2.07 bits per heavy atom. The van der Waals surface area contributed by atoms with Gasteiger partial charge in [0.15, 0.2) is 11.6 Å². The SMILES string of the molecule is O=C(O)CCc1c(O)c(F)cc(Br)c1F. The van der Waals surface area contributed by atoms with E-state index >= 15 is 0 Å². The van der Waals surface area contributed by atoms with E-state index in [1.165, 1.54) is 0 Å². The minimum atomic E-state index is -1.14. The zero-order valence-corrected chi connectivity index (χ0v) is 9.01. The standard InChI is InChI=1S/C9H7BrF2O3/c10-5-3-6(11)9(15)4(8(5)12)1-2-7(13)14/h3,15H,1-2H2,(H,13,14). The Bertz CT molecular complexity index is 381. The van der Waals surface area contributed by atoms with Crippen molar-refractivity contribution < 1.29 is 23.8 Å². The van der Waals surface area contributed by atoms with Gasteiger partial charge in [0.1, 0.15) is 5.82 Å². The minimum absolute atomic E-state index is 0.141. The van der Waals surface area contributed by atoms with E-state index in [9.17, 15) is 18.7 Å². The Labute approximate surface area is 92.5 Å². The van der Waals surface area contributed by atoms with Gasteiger partial charge in [-0.1, -0.05) is 0 Å². The van der Waals surface area contributed by atoms with Crippen LogP contribution < -0.4 is 0 Å². The van der Waals surface area contributed by atoms with Crippen molar-refractivity contribution in [2.75, 3.05) is 0 Å². The third-order valence-corrected chi connectivity index (χ3v) is 2.41. The van der Waals surface area contributed by atoms with E-state index in [1.54, 1.807) is 0 Å². The van der Waals surface area contributed by atoms with Crippen molar-refractivity contribution in [3.05, 3.63) is 27.7 Å². The highest BCUT2D eigenvalue weighted by atomic mass is 79.9. The lowest BCUT2D eigenvalue weighted by molar-refractivity contribution is -0.136. The summed E-state index contributed by atoms with van der Waals surface area (Å²) < 4.78 is 26.1. The Hall–Kier alpha value is -1.17. The highest BCUT2D eigenvalue weighted by molar-refractivity contribution is 9.10. The van der Waals surface area contributed by atoms with Gasteiger partial charge in [0, 0.05) is 12.0 Å². The molecule has 0 saturated heterocycles. The van der Waals surface area contributed by atoms with Crippen LogP contribution in [0.3, 0.4) is 0 Å².